The van der Waals surface area contributed by atoms with Gasteiger partial charge in [-0.1, -0.05) is 32.9 Å². The second-order valence-electron chi connectivity index (χ2n) is 8.25. The van der Waals surface area contributed by atoms with Gasteiger partial charge in [0.15, 0.2) is 0 Å². The number of amides is 1. The molecule has 140 valence electrons. The summed E-state index contributed by atoms with van der Waals surface area (Å²) in [5.41, 5.74) is 0.906. The first-order chi connectivity index (χ1) is 12.3. The lowest BCUT2D eigenvalue weighted by atomic mass is 9.90. The van der Waals surface area contributed by atoms with E-state index >= 15 is 0 Å². The number of rotatable bonds is 4. The fraction of sp³-hybridized carbons (Fsp3) is 0.550. The van der Waals surface area contributed by atoms with Crippen LogP contribution in [0, 0.1) is 11.2 Å². The van der Waals surface area contributed by atoms with Gasteiger partial charge in [0.25, 0.3) is 0 Å². The van der Waals surface area contributed by atoms with Gasteiger partial charge in [-0.05, 0) is 36.0 Å². The van der Waals surface area contributed by atoms with E-state index < -0.39 is 0 Å². The summed E-state index contributed by atoms with van der Waals surface area (Å²) in [5.74, 6) is 1.12. The van der Waals surface area contributed by atoms with Crippen molar-refractivity contribution < 1.29 is 13.6 Å². The molecule has 1 fully saturated rings. The van der Waals surface area contributed by atoms with E-state index in [1.165, 1.54) is 12.1 Å². The van der Waals surface area contributed by atoms with Crippen molar-refractivity contribution in [2.75, 3.05) is 13.1 Å². The van der Waals surface area contributed by atoms with E-state index in [0.29, 0.717) is 31.2 Å². The van der Waals surface area contributed by atoms with Crippen LogP contribution in [0.3, 0.4) is 0 Å². The lowest BCUT2D eigenvalue weighted by Gasteiger charge is -2.33. The summed E-state index contributed by atoms with van der Waals surface area (Å²) >= 11 is 0. The van der Waals surface area contributed by atoms with E-state index in [0.717, 1.165) is 24.9 Å². The Labute approximate surface area is 153 Å². The van der Waals surface area contributed by atoms with E-state index in [1.54, 1.807) is 12.1 Å². The molecular formula is C20H26FN3O2. The molecule has 1 atom stereocenters. The molecule has 1 unspecified atom stereocenters. The highest BCUT2D eigenvalue weighted by atomic mass is 19.1. The van der Waals surface area contributed by atoms with Crippen molar-refractivity contribution in [1.29, 1.82) is 0 Å². The van der Waals surface area contributed by atoms with Crippen LogP contribution in [-0.4, -0.2) is 34.1 Å². The van der Waals surface area contributed by atoms with Crippen LogP contribution in [0.2, 0.25) is 0 Å². The molecule has 26 heavy (non-hydrogen) atoms. The van der Waals surface area contributed by atoms with Crippen molar-refractivity contribution in [1.82, 2.24) is 15.1 Å². The Bertz CT molecular complexity index is 749. The quantitative estimate of drug-likeness (QED) is 0.829. The monoisotopic (exact) mass is 359 g/mol. The van der Waals surface area contributed by atoms with Crippen LogP contribution in [0.1, 0.15) is 63.3 Å². The van der Waals surface area contributed by atoms with Crippen molar-refractivity contribution in [2.45, 2.75) is 52.4 Å². The summed E-state index contributed by atoms with van der Waals surface area (Å²) in [4.78, 5) is 14.4. The Hall–Kier alpha value is -2.24. The number of hydrogen-bond acceptors (Lipinski definition) is 4. The maximum atomic E-state index is 13.0. The van der Waals surface area contributed by atoms with E-state index in [2.05, 4.69) is 31.0 Å². The molecule has 0 bridgehead atoms. The van der Waals surface area contributed by atoms with Gasteiger partial charge >= 0.3 is 0 Å². The van der Waals surface area contributed by atoms with Crippen LogP contribution in [0.25, 0.3) is 0 Å². The number of benzene rings is 1. The van der Waals surface area contributed by atoms with Crippen molar-refractivity contribution in [3.05, 3.63) is 47.4 Å². The first-order valence-corrected chi connectivity index (χ1v) is 9.15. The summed E-state index contributed by atoms with van der Waals surface area (Å²) in [5, 5.41) is 8.32. The molecule has 6 heteroatoms. The molecule has 5 nitrogen and oxygen atoms in total. The summed E-state index contributed by atoms with van der Waals surface area (Å²) < 4.78 is 18.8. The summed E-state index contributed by atoms with van der Waals surface area (Å²) in [6, 6.07) is 6.28. The molecule has 1 aromatic carbocycles. The standard InChI is InChI=1S/C20H26FN3O2/c1-20(2,3)12-18(25)24-10-4-5-15(13-24)19-23-22-17(26-19)11-14-6-8-16(21)9-7-14/h6-9,15H,4-5,10-13H2,1-3H3. The average molecular weight is 359 g/mol. The van der Waals surface area contributed by atoms with Gasteiger partial charge in [-0.25, -0.2) is 4.39 Å². The number of nitrogens with zero attached hydrogens (tertiary/aromatic N) is 3. The third-order valence-corrected chi connectivity index (χ3v) is 4.56. The molecule has 2 aromatic rings. The highest BCUT2D eigenvalue weighted by Crippen LogP contribution is 2.28. The number of carbonyl (C=O) groups excluding carboxylic acids is 1. The van der Waals surface area contributed by atoms with Crippen molar-refractivity contribution in [3.8, 4) is 0 Å². The molecule has 1 aliphatic heterocycles. The van der Waals surface area contributed by atoms with Crippen LogP contribution in [0.4, 0.5) is 4.39 Å². The fourth-order valence-corrected chi connectivity index (χ4v) is 3.25. The molecule has 0 aliphatic carbocycles. The maximum Gasteiger partial charge on any atom is 0.223 e. The average Bonchev–Trinajstić information content (AvgIpc) is 3.04. The zero-order valence-corrected chi connectivity index (χ0v) is 15.7. The normalized spacial score (nSPS) is 18.2. The van der Waals surface area contributed by atoms with E-state index in [-0.39, 0.29) is 23.1 Å². The number of hydrogen-bond donors (Lipinski definition) is 0. The predicted molar refractivity (Wildman–Crippen MR) is 96.1 cm³/mol. The molecule has 0 N–H and O–H groups in total. The lowest BCUT2D eigenvalue weighted by Crippen LogP contribution is -2.40. The van der Waals surface area contributed by atoms with Gasteiger partial charge in [-0.3, -0.25) is 4.79 Å². The molecule has 1 amide bonds. The van der Waals surface area contributed by atoms with Crippen LogP contribution in [0.15, 0.2) is 28.7 Å². The Morgan fingerprint density at radius 1 is 1.27 bits per heavy atom. The van der Waals surface area contributed by atoms with E-state index in [1.807, 2.05) is 4.90 Å². The molecule has 0 saturated carbocycles. The molecule has 0 radical (unpaired) electrons. The van der Waals surface area contributed by atoms with Gasteiger partial charge in [0.1, 0.15) is 5.82 Å². The van der Waals surface area contributed by atoms with Crippen LogP contribution in [-0.2, 0) is 11.2 Å². The molecule has 0 spiro atoms. The first-order valence-electron chi connectivity index (χ1n) is 9.15. The number of aromatic nitrogens is 2. The van der Waals surface area contributed by atoms with Gasteiger partial charge in [-0.2, -0.15) is 0 Å². The second kappa shape index (κ2) is 7.56. The summed E-state index contributed by atoms with van der Waals surface area (Å²) in [7, 11) is 0. The van der Waals surface area contributed by atoms with Gasteiger partial charge in [-0.15, -0.1) is 10.2 Å². The van der Waals surface area contributed by atoms with Gasteiger partial charge in [0.2, 0.25) is 17.7 Å². The third kappa shape index (κ3) is 4.90. The topological polar surface area (TPSA) is 59.2 Å². The number of likely N-dealkylation sites (tertiary alicyclic amines) is 1. The number of halogens is 1. The Morgan fingerprint density at radius 2 is 2.00 bits per heavy atom. The van der Waals surface area contributed by atoms with Crippen molar-refractivity contribution in [3.63, 3.8) is 0 Å². The van der Waals surface area contributed by atoms with Gasteiger partial charge in [0, 0.05) is 19.5 Å². The zero-order valence-electron chi connectivity index (χ0n) is 15.7. The third-order valence-electron chi connectivity index (χ3n) is 4.56. The van der Waals surface area contributed by atoms with Gasteiger partial charge < -0.3 is 9.32 Å². The number of piperidine rings is 1. The van der Waals surface area contributed by atoms with Crippen LogP contribution in [0.5, 0.6) is 0 Å². The Morgan fingerprint density at radius 3 is 2.69 bits per heavy atom. The smallest absolute Gasteiger partial charge is 0.223 e. The Balaban J connectivity index is 1.63. The molecule has 2 heterocycles. The van der Waals surface area contributed by atoms with E-state index in [4.69, 9.17) is 4.42 Å². The highest BCUT2D eigenvalue weighted by molar-refractivity contribution is 5.77. The largest absolute Gasteiger partial charge is 0.425 e. The summed E-state index contributed by atoms with van der Waals surface area (Å²) in [6.45, 7) is 7.65. The first kappa shape index (κ1) is 18.5. The molecule has 1 aromatic heterocycles. The SMILES string of the molecule is CC(C)(C)CC(=O)N1CCCC(c2nnc(Cc3ccc(F)cc3)o2)C1. The highest BCUT2D eigenvalue weighted by Gasteiger charge is 2.30. The van der Waals surface area contributed by atoms with Gasteiger partial charge in [0.05, 0.1) is 12.3 Å². The minimum Gasteiger partial charge on any atom is -0.425 e. The zero-order chi connectivity index (χ0) is 18.7. The number of carbonyl (C=O) groups is 1. The molecule has 3 rings (SSSR count). The predicted octanol–water partition coefficient (Wildman–Crippen LogP) is 3.94. The minimum absolute atomic E-state index is 0.0170. The fourth-order valence-electron chi connectivity index (χ4n) is 3.25. The molecule has 1 saturated heterocycles. The second-order valence-corrected chi connectivity index (χ2v) is 8.25. The van der Waals surface area contributed by atoms with E-state index in [9.17, 15) is 9.18 Å². The minimum atomic E-state index is -0.262. The molecular weight excluding hydrogens is 333 g/mol. The van der Waals surface area contributed by atoms with Crippen LogP contribution < -0.4 is 0 Å². The lowest BCUT2D eigenvalue weighted by molar-refractivity contribution is -0.134. The van der Waals surface area contributed by atoms with Crippen molar-refractivity contribution >= 4 is 5.91 Å². The van der Waals surface area contributed by atoms with Crippen molar-refractivity contribution in [2.24, 2.45) is 5.41 Å². The maximum absolute atomic E-state index is 13.0. The summed E-state index contributed by atoms with van der Waals surface area (Å²) in [6.07, 6.45) is 2.90. The Kier molecular flexibility index (Phi) is 5.39. The van der Waals surface area contributed by atoms with Crippen LogP contribution >= 0.6 is 0 Å². The molecule has 1 aliphatic rings.